The first-order valence-corrected chi connectivity index (χ1v) is 9.95. The van der Waals surface area contributed by atoms with E-state index in [2.05, 4.69) is 22.4 Å². The zero-order valence-corrected chi connectivity index (χ0v) is 16.1. The van der Waals surface area contributed by atoms with Crippen molar-refractivity contribution in [3.8, 4) is 17.2 Å². The van der Waals surface area contributed by atoms with Gasteiger partial charge < -0.3 is 9.15 Å². The summed E-state index contributed by atoms with van der Waals surface area (Å²) in [5, 5.41) is 10.6. The minimum Gasteiger partial charge on any atom is -0.494 e. The molecule has 0 aliphatic heterocycles. The predicted molar refractivity (Wildman–Crippen MR) is 106 cm³/mol. The second-order valence-corrected chi connectivity index (χ2v) is 6.64. The van der Waals surface area contributed by atoms with Crippen LogP contribution in [0.2, 0.25) is 0 Å². The molecule has 3 rings (SSSR count). The molecule has 0 aliphatic carbocycles. The highest BCUT2D eigenvalue weighted by Gasteiger charge is 2.15. The van der Waals surface area contributed by atoms with Crippen LogP contribution in [-0.4, -0.2) is 29.0 Å². The molecule has 27 heavy (non-hydrogen) atoms. The second-order valence-electron chi connectivity index (χ2n) is 5.80. The van der Waals surface area contributed by atoms with E-state index in [9.17, 15) is 4.79 Å². The van der Waals surface area contributed by atoms with E-state index in [1.807, 2.05) is 36.6 Å². The highest BCUT2D eigenvalue weighted by molar-refractivity contribution is 7.98. The van der Waals surface area contributed by atoms with Crippen molar-refractivity contribution < 1.29 is 13.9 Å². The molecule has 2 aromatic carbocycles. The lowest BCUT2D eigenvalue weighted by Crippen LogP contribution is -2.12. The second kappa shape index (κ2) is 9.23. The van der Waals surface area contributed by atoms with E-state index >= 15 is 0 Å². The Morgan fingerprint density at radius 1 is 1.19 bits per heavy atom. The number of hydrogen-bond acceptors (Lipinski definition) is 6. The van der Waals surface area contributed by atoms with E-state index in [0.717, 1.165) is 23.3 Å². The molecule has 1 aromatic heterocycles. The fourth-order valence-corrected chi connectivity index (χ4v) is 3.02. The summed E-state index contributed by atoms with van der Waals surface area (Å²) in [5.41, 5.74) is 1.30. The molecule has 3 aromatic rings. The highest BCUT2D eigenvalue weighted by Crippen LogP contribution is 2.29. The molecule has 0 aliphatic rings. The van der Waals surface area contributed by atoms with E-state index in [1.165, 1.54) is 0 Å². The van der Waals surface area contributed by atoms with Crippen molar-refractivity contribution in [1.82, 2.24) is 10.2 Å². The minimum atomic E-state index is -0.329. The maximum Gasteiger partial charge on any atom is 0.322 e. The Hall–Kier alpha value is -2.80. The van der Waals surface area contributed by atoms with Gasteiger partial charge in [-0.05, 0) is 43.0 Å². The van der Waals surface area contributed by atoms with Crippen LogP contribution in [0.3, 0.4) is 0 Å². The number of anilines is 1. The van der Waals surface area contributed by atoms with Crippen LogP contribution in [0.1, 0.15) is 30.1 Å². The van der Waals surface area contributed by atoms with Gasteiger partial charge in [-0.3, -0.25) is 10.1 Å². The lowest BCUT2D eigenvalue weighted by molar-refractivity contribution is 0.102. The Labute approximate surface area is 162 Å². The number of nitrogens with one attached hydrogen (secondary N) is 1. The number of unbranched alkanes of at least 4 members (excludes halogenated alkanes) is 1. The molecule has 0 unspecified atom stereocenters. The third kappa shape index (κ3) is 4.89. The van der Waals surface area contributed by atoms with Crippen molar-refractivity contribution in [1.29, 1.82) is 0 Å². The predicted octanol–water partition coefficient (Wildman–Crippen LogP) is 4.89. The van der Waals surface area contributed by atoms with Gasteiger partial charge in [0.25, 0.3) is 11.8 Å². The summed E-state index contributed by atoms with van der Waals surface area (Å²) < 4.78 is 11.3. The minimum absolute atomic E-state index is 0.0585. The topological polar surface area (TPSA) is 77.2 Å². The standard InChI is InChI=1S/C20H21N3O3S/c1-3-4-12-25-15-9-7-8-14(13-15)18(24)21-20-23-22-19(26-20)16-10-5-6-11-17(16)27-2/h5-11,13H,3-4,12H2,1-2H3,(H,21,23,24). The Kier molecular flexibility index (Phi) is 6.49. The van der Waals surface area contributed by atoms with E-state index in [0.29, 0.717) is 23.8 Å². The van der Waals surface area contributed by atoms with Crippen molar-refractivity contribution in [2.75, 3.05) is 18.2 Å². The molecule has 0 spiro atoms. The summed E-state index contributed by atoms with van der Waals surface area (Å²) in [5.74, 6) is 0.701. The van der Waals surface area contributed by atoms with Crippen molar-refractivity contribution in [3.05, 3.63) is 54.1 Å². The van der Waals surface area contributed by atoms with Gasteiger partial charge in [-0.2, -0.15) is 0 Å². The van der Waals surface area contributed by atoms with Crippen LogP contribution in [-0.2, 0) is 0 Å². The van der Waals surface area contributed by atoms with Crippen LogP contribution in [0.15, 0.2) is 57.8 Å². The van der Waals surface area contributed by atoms with E-state index in [1.54, 1.807) is 30.0 Å². The number of ether oxygens (including phenoxy) is 1. The third-order valence-corrected chi connectivity index (χ3v) is 4.64. The Bertz CT molecular complexity index is 911. The molecule has 1 amide bonds. The van der Waals surface area contributed by atoms with Crippen LogP contribution >= 0.6 is 11.8 Å². The van der Waals surface area contributed by atoms with Gasteiger partial charge in [0.1, 0.15) is 5.75 Å². The highest BCUT2D eigenvalue weighted by atomic mass is 32.2. The number of nitrogens with zero attached hydrogens (tertiary/aromatic N) is 2. The van der Waals surface area contributed by atoms with Crippen LogP contribution in [0.25, 0.3) is 11.5 Å². The maximum absolute atomic E-state index is 12.5. The molecular weight excluding hydrogens is 362 g/mol. The lowest BCUT2D eigenvalue weighted by Gasteiger charge is -2.07. The molecule has 1 N–H and O–H groups in total. The molecule has 0 radical (unpaired) electrons. The summed E-state index contributed by atoms with van der Waals surface area (Å²) in [6.07, 6.45) is 4.01. The van der Waals surface area contributed by atoms with Gasteiger partial charge in [-0.1, -0.05) is 36.6 Å². The first kappa shape index (κ1) is 19.0. The fraction of sp³-hybridized carbons (Fsp3) is 0.250. The first-order valence-electron chi connectivity index (χ1n) is 8.72. The monoisotopic (exact) mass is 383 g/mol. The largest absolute Gasteiger partial charge is 0.494 e. The first-order chi connectivity index (χ1) is 13.2. The molecule has 6 nitrogen and oxygen atoms in total. The number of carbonyl (C=O) groups excluding carboxylic acids is 1. The van der Waals surface area contributed by atoms with Gasteiger partial charge in [-0.15, -0.1) is 16.9 Å². The molecule has 0 fully saturated rings. The smallest absolute Gasteiger partial charge is 0.322 e. The summed E-state index contributed by atoms with van der Waals surface area (Å²) in [6.45, 7) is 2.73. The van der Waals surface area contributed by atoms with Gasteiger partial charge in [-0.25, -0.2) is 0 Å². The number of rotatable bonds is 8. The average Bonchev–Trinajstić information content (AvgIpc) is 3.16. The zero-order valence-electron chi connectivity index (χ0n) is 15.3. The van der Waals surface area contributed by atoms with Crippen LogP contribution in [0, 0.1) is 0 Å². The van der Waals surface area contributed by atoms with Crippen molar-refractivity contribution in [2.24, 2.45) is 0 Å². The van der Waals surface area contributed by atoms with Crippen molar-refractivity contribution >= 4 is 23.7 Å². The number of aromatic nitrogens is 2. The molecule has 140 valence electrons. The number of hydrogen-bond donors (Lipinski definition) is 1. The van der Waals surface area contributed by atoms with Crippen LogP contribution in [0.5, 0.6) is 5.75 Å². The Morgan fingerprint density at radius 3 is 2.85 bits per heavy atom. The molecule has 0 atom stereocenters. The van der Waals surface area contributed by atoms with E-state index in [4.69, 9.17) is 9.15 Å². The van der Waals surface area contributed by atoms with Crippen LogP contribution in [0.4, 0.5) is 6.01 Å². The summed E-state index contributed by atoms with van der Waals surface area (Å²) in [6, 6.07) is 14.8. The number of carbonyl (C=O) groups is 1. The maximum atomic E-state index is 12.5. The molecule has 1 heterocycles. The van der Waals surface area contributed by atoms with E-state index in [-0.39, 0.29) is 11.9 Å². The van der Waals surface area contributed by atoms with Gasteiger partial charge in [0.2, 0.25) is 0 Å². The molecule has 0 saturated heterocycles. The van der Waals surface area contributed by atoms with Crippen LogP contribution < -0.4 is 10.1 Å². The van der Waals surface area contributed by atoms with Crippen molar-refractivity contribution in [3.63, 3.8) is 0 Å². The van der Waals surface area contributed by atoms with E-state index < -0.39 is 0 Å². The van der Waals surface area contributed by atoms with Gasteiger partial charge in [0.15, 0.2) is 0 Å². The molecule has 7 heteroatoms. The Morgan fingerprint density at radius 2 is 2.04 bits per heavy atom. The normalized spacial score (nSPS) is 10.6. The average molecular weight is 383 g/mol. The fourth-order valence-electron chi connectivity index (χ4n) is 2.43. The summed E-state index contributed by atoms with van der Waals surface area (Å²) >= 11 is 1.59. The van der Waals surface area contributed by atoms with Gasteiger partial charge in [0, 0.05) is 10.5 Å². The summed E-state index contributed by atoms with van der Waals surface area (Å²) in [7, 11) is 0. The third-order valence-electron chi connectivity index (χ3n) is 3.85. The number of benzene rings is 2. The van der Waals surface area contributed by atoms with Gasteiger partial charge >= 0.3 is 6.01 Å². The summed E-state index contributed by atoms with van der Waals surface area (Å²) in [4.78, 5) is 13.5. The quantitative estimate of drug-likeness (QED) is 0.441. The molecular formula is C20H21N3O3S. The van der Waals surface area contributed by atoms with Crippen molar-refractivity contribution in [2.45, 2.75) is 24.7 Å². The van der Waals surface area contributed by atoms with Gasteiger partial charge in [0.05, 0.1) is 12.2 Å². The number of thioether (sulfide) groups is 1. The SMILES string of the molecule is CCCCOc1cccc(C(=O)Nc2nnc(-c3ccccc3SC)o2)c1. The zero-order chi connectivity index (χ0) is 19.1. The number of amides is 1. The molecule has 0 saturated carbocycles. The molecule has 0 bridgehead atoms. The Balaban J connectivity index is 1.70. The lowest BCUT2D eigenvalue weighted by atomic mass is 10.2.